The van der Waals surface area contributed by atoms with Gasteiger partial charge in [0.05, 0.1) is 11.9 Å². The number of hydrogen-bond acceptors (Lipinski definition) is 2. The fraction of sp³-hybridized carbons (Fsp3) is 0.600. The van der Waals surface area contributed by atoms with E-state index < -0.39 is 0 Å². The summed E-state index contributed by atoms with van der Waals surface area (Å²) in [6.07, 6.45) is 1.27. The second kappa shape index (κ2) is 2.13. The van der Waals surface area contributed by atoms with Gasteiger partial charge in [-0.15, -0.1) is 5.10 Å². The highest BCUT2D eigenvalue weighted by molar-refractivity contribution is 4.96. The average molecular weight is 129 g/mol. The minimum absolute atomic E-state index is 0.218. The van der Waals surface area contributed by atoms with Gasteiger partial charge in [-0.1, -0.05) is 23.2 Å². The van der Waals surface area contributed by atoms with Gasteiger partial charge < -0.3 is 0 Å². The molecule has 0 fully saturated rings. The summed E-state index contributed by atoms with van der Waals surface area (Å²) in [5.41, 5.74) is 0.678. The van der Waals surface area contributed by atoms with Crippen LogP contribution in [0.2, 0.25) is 0 Å². The zero-order valence-corrected chi connectivity index (χ0v) is 5.37. The van der Waals surface area contributed by atoms with E-state index in [1.807, 2.05) is 13.8 Å². The Balaban J connectivity index is 2.85. The van der Waals surface area contributed by atoms with Gasteiger partial charge in [-0.2, -0.15) is 0 Å². The smallest absolute Gasteiger partial charge is 0.0883 e. The van der Waals surface area contributed by atoms with E-state index in [-0.39, 0.29) is 10.8 Å². The Labute approximate surface area is 52.4 Å². The molecule has 0 aliphatic carbocycles. The minimum Gasteiger partial charge on any atom is -0.133 e. The largest absolute Gasteiger partial charge is 0.133 e. The second-order valence-electron chi connectivity index (χ2n) is 2.19. The van der Waals surface area contributed by atoms with Gasteiger partial charge in [0.15, 0.2) is 0 Å². The molecule has 4 heteroatoms. The Morgan fingerprint density at radius 2 is 2.33 bits per heavy atom. The topological polar surface area (TPSA) is 30.7 Å². The molecule has 50 valence electrons. The molecule has 1 aromatic rings. The number of halogens is 1. The van der Waals surface area contributed by atoms with Gasteiger partial charge in [0.1, 0.15) is 0 Å². The van der Waals surface area contributed by atoms with Gasteiger partial charge in [0.2, 0.25) is 0 Å². The third kappa shape index (κ3) is 1.25. The Morgan fingerprint density at radius 3 is 2.56 bits per heavy atom. The normalized spacial score (nSPS) is 10.7. The van der Waals surface area contributed by atoms with E-state index in [0.717, 1.165) is 0 Å². The Kier molecular flexibility index (Phi) is 1.46. The van der Waals surface area contributed by atoms with Gasteiger partial charge in [0.25, 0.3) is 0 Å². The Hall–Kier alpha value is -0.930. The number of aromatic nitrogens is 3. The summed E-state index contributed by atoms with van der Waals surface area (Å²) in [7, 11) is 0. The van der Waals surface area contributed by atoms with Crippen LogP contribution >= 0.6 is 0 Å². The van der Waals surface area contributed by atoms with Crippen molar-refractivity contribution in [2.24, 2.45) is 0 Å². The third-order valence-electron chi connectivity index (χ3n) is 1.08. The van der Waals surface area contributed by atoms with Gasteiger partial charge in [-0.3, -0.25) is 0 Å². The van der Waals surface area contributed by atoms with Crippen LogP contribution in [-0.4, -0.2) is 15.2 Å². The van der Waals surface area contributed by atoms with Crippen molar-refractivity contribution in [1.29, 1.82) is 0 Å². The van der Waals surface area contributed by atoms with Crippen molar-refractivity contribution in [1.82, 2.24) is 15.2 Å². The van der Waals surface area contributed by atoms with E-state index in [9.17, 15) is 4.48 Å². The number of nitrogens with zero attached hydrogens (tertiary/aromatic N) is 3. The first-order valence-corrected chi connectivity index (χ1v) is 2.78. The third-order valence-corrected chi connectivity index (χ3v) is 1.08. The van der Waals surface area contributed by atoms with E-state index >= 15 is 0 Å². The van der Waals surface area contributed by atoms with Crippen LogP contribution in [-0.2, 0) is 0 Å². The van der Waals surface area contributed by atoms with E-state index in [4.69, 9.17) is 0 Å². The SMILES string of the molecule is CC(C)c1cn(F)nn1. The van der Waals surface area contributed by atoms with Gasteiger partial charge >= 0.3 is 0 Å². The summed E-state index contributed by atoms with van der Waals surface area (Å²) < 4.78 is 12.0. The monoisotopic (exact) mass is 129 g/mol. The highest BCUT2D eigenvalue weighted by Gasteiger charge is 2.02. The van der Waals surface area contributed by atoms with Crippen LogP contribution in [0.1, 0.15) is 25.5 Å². The van der Waals surface area contributed by atoms with E-state index in [1.54, 1.807) is 0 Å². The van der Waals surface area contributed by atoms with Crippen molar-refractivity contribution in [3.8, 4) is 0 Å². The second-order valence-corrected chi connectivity index (χ2v) is 2.19. The first-order chi connectivity index (χ1) is 4.20. The molecule has 0 atom stereocenters. The maximum atomic E-state index is 12.0. The molecule has 1 aromatic heterocycles. The summed E-state index contributed by atoms with van der Waals surface area (Å²) in [4.78, 5) is 0.218. The van der Waals surface area contributed by atoms with Crippen LogP contribution in [0.3, 0.4) is 0 Å². The molecule has 0 aliphatic rings. The molecular formula is C5H8FN3. The molecule has 0 bridgehead atoms. The van der Waals surface area contributed by atoms with Crippen molar-refractivity contribution < 1.29 is 4.48 Å². The molecule has 0 unspecified atom stereocenters. The summed E-state index contributed by atoms with van der Waals surface area (Å²) in [6.45, 7) is 3.87. The van der Waals surface area contributed by atoms with Crippen LogP contribution in [0.5, 0.6) is 0 Å². The molecule has 3 nitrogen and oxygen atoms in total. The maximum absolute atomic E-state index is 12.0. The first-order valence-electron chi connectivity index (χ1n) is 2.78. The predicted octanol–water partition coefficient (Wildman–Crippen LogP) is 1.13. The van der Waals surface area contributed by atoms with Gasteiger partial charge in [-0.25, -0.2) is 0 Å². The van der Waals surface area contributed by atoms with Crippen molar-refractivity contribution in [2.75, 3.05) is 0 Å². The lowest BCUT2D eigenvalue weighted by Gasteiger charge is -1.92. The quantitative estimate of drug-likeness (QED) is 0.569. The van der Waals surface area contributed by atoms with Crippen LogP contribution in [0, 0.1) is 0 Å². The predicted molar refractivity (Wildman–Crippen MR) is 30.6 cm³/mol. The molecule has 9 heavy (non-hydrogen) atoms. The van der Waals surface area contributed by atoms with E-state index in [2.05, 4.69) is 10.3 Å². The average Bonchev–Trinajstić information content (AvgIpc) is 2.14. The van der Waals surface area contributed by atoms with Crippen LogP contribution in [0.25, 0.3) is 0 Å². The number of hydrogen-bond donors (Lipinski definition) is 0. The summed E-state index contributed by atoms with van der Waals surface area (Å²) in [6, 6.07) is 0. The summed E-state index contributed by atoms with van der Waals surface area (Å²) >= 11 is 0. The zero-order valence-electron chi connectivity index (χ0n) is 5.37. The molecular weight excluding hydrogens is 121 g/mol. The molecule has 1 rings (SSSR count). The summed E-state index contributed by atoms with van der Waals surface area (Å²) in [5.74, 6) is 0.245. The van der Waals surface area contributed by atoms with Crippen LogP contribution in [0.15, 0.2) is 6.20 Å². The zero-order chi connectivity index (χ0) is 6.85. The fourth-order valence-electron chi connectivity index (χ4n) is 0.520. The molecule has 0 saturated heterocycles. The molecule has 0 radical (unpaired) electrons. The maximum Gasteiger partial charge on any atom is 0.0883 e. The molecule has 0 N–H and O–H groups in total. The van der Waals surface area contributed by atoms with Crippen molar-refractivity contribution in [3.05, 3.63) is 11.9 Å². The minimum atomic E-state index is 0.218. The standard InChI is InChI=1S/C5H8FN3/c1-4(2)5-3-9(6)8-7-5/h3-4H,1-2H3. The lowest BCUT2D eigenvalue weighted by atomic mass is 10.2. The highest BCUT2D eigenvalue weighted by Crippen LogP contribution is 2.08. The Bertz CT molecular complexity index is 194. The number of rotatable bonds is 1. The molecule has 0 spiro atoms. The molecule has 0 amide bonds. The molecule has 0 aromatic carbocycles. The lowest BCUT2D eigenvalue weighted by Crippen LogP contribution is -1.85. The first kappa shape index (κ1) is 6.19. The van der Waals surface area contributed by atoms with E-state index in [1.165, 1.54) is 6.20 Å². The van der Waals surface area contributed by atoms with Crippen LogP contribution in [0.4, 0.5) is 4.48 Å². The van der Waals surface area contributed by atoms with E-state index in [0.29, 0.717) is 5.69 Å². The fourth-order valence-corrected chi connectivity index (χ4v) is 0.520. The molecule has 0 saturated carbocycles. The van der Waals surface area contributed by atoms with Crippen molar-refractivity contribution in [2.45, 2.75) is 19.8 Å². The summed E-state index contributed by atoms with van der Waals surface area (Å²) in [5, 5.41) is 6.69. The van der Waals surface area contributed by atoms with Crippen molar-refractivity contribution >= 4 is 0 Å². The highest BCUT2D eigenvalue weighted by atomic mass is 19.2. The molecule has 1 heterocycles. The Morgan fingerprint density at radius 1 is 1.67 bits per heavy atom. The van der Waals surface area contributed by atoms with Gasteiger partial charge in [0, 0.05) is 0 Å². The van der Waals surface area contributed by atoms with Gasteiger partial charge in [-0.05, 0) is 11.1 Å². The molecule has 0 aliphatic heterocycles. The van der Waals surface area contributed by atoms with Crippen molar-refractivity contribution in [3.63, 3.8) is 0 Å². The lowest BCUT2D eigenvalue weighted by molar-refractivity contribution is 0.306. The van der Waals surface area contributed by atoms with Crippen LogP contribution < -0.4 is 0 Å².